The van der Waals surface area contributed by atoms with Gasteiger partial charge in [-0.1, -0.05) is 84.4 Å². The normalized spacial score (nSPS) is 11.3. The smallest absolute Gasteiger partial charge is 0.146 e. The number of para-hydroxylation sites is 1. The second kappa shape index (κ2) is 10.3. The van der Waals surface area contributed by atoms with Crippen LogP contribution in [0.25, 0.3) is 72.5 Å². The molecule has 5 nitrogen and oxygen atoms in total. The van der Waals surface area contributed by atoms with E-state index in [0.717, 1.165) is 72.5 Å². The highest BCUT2D eigenvalue weighted by atomic mass is 15.0. The highest BCUT2D eigenvalue weighted by molar-refractivity contribution is 6.14. The number of nitrogens with zero attached hydrogens (tertiary/aromatic N) is 5. The van der Waals surface area contributed by atoms with Gasteiger partial charge in [0.15, 0.2) is 0 Å². The van der Waals surface area contributed by atoms with Crippen molar-refractivity contribution in [1.29, 1.82) is 5.26 Å². The lowest BCUT2D eigenvalue weighted by Gasteiger charge is -2.13. The number of hydrogen-bond acceptors (Lipinski definition) is 4. The van der Waals surface area contributed by atoms with Gasteiger partial charge in [0.1, 0.15) is 5.65 Å². The summed E-state index contributed by atoms with van der Waals surface area (Å²) in [6, 6.07) is 45.5. The van der Waals surface area contributed by atoms with Crippen molar-refractivity contribution in [3.05, 3.63) is 145 Å². The van der Waals surface area contributed by atoms with Crippen molar-refractivity contribution >= 4 is 27.3 Å². The van der Waals surface area contributed by atoms with Gasteiger partial charge in [-0.25, -0.2) is 9.97 Å². The summed E-state index contributed by atoms with van der Waals surface area (Å²) >= 11 is 0. The van der Waals surface area contributed by atoms with Crippen molar-refractivity contribution in [3.63, 3.8) is 0 Å². The first kappa shape index (κ1) is 25.6. The van der Waals surface area contributed by atoms with E-state index in [1.165, 1.54) is 5.56 Å². The average Bonchev–Trinajstić information content (AvgIpc) is 3.50. The van der Waals surface area contributed by atoms with E-state index >= 15 is 0 Å². The van der Waals surface area contributed by atoms with Crippen LogP contribution in [0.15, 0.2) is 134 Å². The molecule has 0 N–H and O–H groups in total. The van der Waals surface area contributed by atoms with Gasteiger partial charge in [-0.3, -0.25) is 9.38 Å². The Bertz CT molecular complexity index is 2380. The monoisotopic (exact) mass is 563 g/mol. The summed E-state index contributed by atoms with van der Waals surface area (Å²) in [6.07, 6.45) is 1.79. The third kappa shape index (κ3) is 4.21. The minimum atomic E-state index is 0.621. The standard InChI is InChI=1S/C39H25N5/c1-25-12-16-28(17-13-25)38-37(27-18-14-26(24-40)15-19-27)43-39-32-23-29(20-21-30(32)31-7-2-3-11-36(31)44(38)39)33-9-6-10-35(42-33)34-8-4-5-22-41-34/h2-23H,1H3. The number of aryl methyl sites for hydroxylation is 1. The second-order valence-corrected chi connectivity index (χ2v) is 10.9. The van der Waals surface area contributed by atoms with E-state index in [-0.39, 0.29) is 0 Å². The van der Waals surface area contributed by atoms with E-state index in [4.69, 9.17) is 9.97 Å². The van der Waals surface area contributed by atoms with Gasteiger partial charge in [-0.15, -0.1) is 0 Å². The van der Waals surface area contributed by atoms with Gasteiger partial charge < -0.3 is 0 Å². The Morgan fingerprint density at radius 1 is 0.591 bits per heavy atom. The van der Waals surface area contributed by atoms with E-state index < -0.39 is 0 Å². The van der Waals surface area contributed by atoms with Crippen LogP contribution in [0.5, 0.6) is 0 Å². The molecule has 5 heteroatoms. The Labute approximate surface area is 254 Å². The molecule has 4 aromatic heterocycles. The zero-order valence-electron chi connectivity index (χ0n) is 23.9. The van der Waals surface area contributed by atoms with Crippen molar-refractivity contribution < 1.29 is 0 Å². The zero-order chi connectivity index (χ0) is 29.6. The van der Waals surface area contributed by atoms with Gasteiger partial charge in [0, 0.05) is 33.7 Å². The molecule has 0 saturated carbocycles. The molecule has 8 rings (SSSR count). The van der Waals surface area contributed by atoms with Crippen LogP contribution in [-0.4, -0.2) is 19.4 Å². The lowest BCUT2D eigenvalue weighted by molar-refractivity contribution is 1.25. The number of pyridine rings is 3. The van der Waals surface area contributed by atoms with Crippen LogP contribution >= 0.6 is 0 Å². The number of nitriles is 1. The molecule has 0 radical (unpaired) electrons. The molecule has 0 aliphatic carbocycles. The highest BCUT2D eigenvalue weighted by Crippen LogP contribution is 2.40. The molecule has 0 saturated heterocycles. The van der Waals surface area contributed by atoms with E-state index in [0.29, 0.717) is 5.56 Å². The summed E-state index contributed by atoms with van der Waals surface area (Å²) in [4.78, 5) is 14.9. The molecule has 4 aromatic carbocycles. The molecule has 4 heterocycles. The lowest BCUT2D eigenvalue weighted by atomic mass is 10.0. The Morgan fingerprint density at radius 2 is 1.32 bits per heavy atom. The first-order valence-electron chi connectivity index (χ1n) is 14.5. The third-order valence-corrected chi connectivity index (χ3v) is 8.16. The summed E-state index contributed by atoms with van der Waals surface area (Å²) in [6.45, 7) is 2.10. The van der Waals surface area contributed by atoms with Gasteiger partial charge in [0.05, 0.1) is 45.6 Å². The molecule has 0 unspecified atom stereocenters. The number of rotatable bonds is 4. The molecule has 0 fully saturated rings. The van der Waals surface area contributed by atoms with Gasteiger partial charge in [-0.2, -0.15) is 5.26 Å². The van der Waals surface area contributed by atoms with Crippen LogP contribution in [0.3, 0.4) is 0 Å². The minimum Gasteiger partial charge on any atom is -0.291 e. The molecule has 0 aliphatic rings. The molecule has 0 atom stereocenters. The van der Waals surface area contributed by atoms with E-state index in [1.807, 2.05) is 60.7 Å². The Balaban J connectivity index is 1.45. The van der Waals surface area contributed by atoms with Crippen LogP contribution in [0.1, 0.15) is 11.1 Å². The molecule has 0 spiro atoms. The van der Waals surface area contributed by atoms with Crippen molar-refractivity contribution in [3.8, 4) is 51.2 Å². The zero-order valence-corrected chi connectivity index (χ0v) is 23.9. The predicted molar refractivity (Wildman–Crippen MR) is 177 cm³/mol. The predicted octanol–water partition coefficient (Wildman–Crippen LogP) is 9.28. The largest absolute Gasteiger partial charge is 0.291 e. The molecule has 0 bridgehead atoms. The van der Waals surface area contributed by atoms with Gasteiger partial charge in [0.2, 0.25) is 0 Å². The van der Waals surface area contributed by atoms with Crippen LogP contribution in [-0.2, 0) is 0 Å². The molecule has 0 aliphatic heterocycles. The van der Waals surface area contributed by atoms with Crippen molar-refractivity contribution in [2.24, 2.45) is 0 Å². The van der Waals surface area contributed by atoms with Crippen LogP contribution in [0, 0.1) is 18.3 Å². The molecule has 0 amide bonds. The first-order valence-corrected chi connectivity index (χ1v) is 14.5. The quantitative estimate of drug-likeness (QED) is 0.200. The highest BCUT2D eigenvalue weighted by Gasteiger charge is 2.21. The fourth-order valence-corrected chi connectivity index (χ4v) is 5.99. The fourth-order valence-electron chi connectivity index (χ4n) is 5.99. The van der Waals surface area contributed by atoms with Crippen LogP contribution < -0.4 is 0 Å². The number of benzene rings is 4. The second-order valence-electron chi connectivity index (χ2n) is 10.9. The summed E-state index contributed by atoms with van der Waals surface area (Å²) < 4.78 is 2.29. The minimum absolute atomic E-state index is 0.621. The molecular weight excluding hydrogens is 538 g/mol. The fraction of sp³-hybridized carbons (Fsp3) is 0.0256. The SMILES string of the molecule is Cc1ccc(-c2c(-c3ccc(C#N)cc3)nc3c4cc(-c5cccc(-c6ccccn6)n5)ccc4c4ccccc4n23)cc1. The Kier molecular flexibility index (Phi) is 5.99. The summed E-state index contributed by atoms with van der Waals surface area (Å²) in [7, 11) is 0. The molecule has 206 valence electrons. The van der Waals surface area contributed by atoms with Crippen molar-refractivity contribution in [1.82, 2.24) is 19.4 Å². The number of aromatic nitrogens is 4. The van der Waals surface area contributed by atoms with E-state index in [9.17, 15) is 5.26 Å². The van der Waals surface area contributed by atoms with Crippen LogP contribution in [0.2, 0.25) is 0 Å². The van der Waals surface area contributed by atoms with Crippen LogP contribution in [0.4, 0.5) is 0 Å². The first-order chi connectivity index (χ1) is 21.7. The third-order valence-electron chi connectivity index (χ3n) is 8.16. The van der Waals surface area contributed by atoms with E-state index in [1.54, 1.807) is 6.20 Å². The summed E-state index contributed by atoms with van der Waals surface area (Å²) in [5, 5.41) is 12.7. The molecule has 8 aromatic rings. The molecular formula is C39H25N5. The average molecular weight is 564 g/mol. The van der Waals surface area contributed by atoms with Gasteiger partial charge >= 0.3 is 0 Å². The molecule has 44 heavy (non-hydrogen) atoms. The summed E-state index contributed by atoms with van der Waals surface area (Å²) in [5.41, 5.74) is 11.3. The van der Waals surface area contributed by atoms with E-state index in [2.05, 4.69) is 89.1 Å². The number of fused-ring (bicyclic) bond motifs is 6. The number of imidazole rings is 1. The lowest BCUT2D eigenvalue weighted by Crippen LogP contribution is -1.95. The van der Waals surface area contributed by atoms with Crippen molar-refractivity contribution in [2.45, 2.75) is 6.92 Å². The van der Waals surface area contributed by atoms with Gasteiger partial charge in [0.25, 0.3) is 0 Å². The Hall–Kier alpha value is -6.12. The summed E-state index contributed by atoms with van der Waals surface area (Å²) in [5.74, 6) is 0. The maximum atomic E-state index is 9.43. The topological polar surface area (TPSA) is 66.9 Å². The van der Waals surface area contributed by atoms with Gasteiger partial charge in [-0.05, 0) is 60.8 Å². The Morgan fingerprint density at radius 3 is 2.11 bits per heavy atom. The maximum Gasteiger partial charge on any atom is 0.146 e. The van der Waals surface area contributed by atoms with Crippen molar-refractivity contribution in [2.75, 3.05) is 0 Å². The number of hydrogen-bond donors (Lipinski definition) is 0. The maximum absolute atomic E-state index is 9.43.